The lowest BCUT2D eigenvalue weighted by molar-refractivity contribution is -0.118. The molecule has 0 radical (unpaired) electrons. The van der Waals surface area contributed by atoms with Gasteiger partial charge in [-0.25, -0.2) is 8.78 Å². The van der Waals surface area contributed by atoms with Crippen molar-refractivity contribution in [2.45, 2.75) is 12.5 Å². The van der Waals surface area contributed by atoms with Gasteiger partial charge in [0.05, 0.1) is 5.69 Å². The monoisotopic (exact) mass is 364 g/mol. The van der Waals surface area contributed by atoms with Gasteiger partial charge >= 0.3 is 0 Å². The summed E-state index contributed by atoms with van der Waals surface area (Å²) in [6, 6.07) is 10.6. The van der Waals surface area contributed by atoms with E-state index in [9.17, 15) is 18.4 Å². The normalized spacial score (nSPS) is 11.6. The molecule has 7 heteroatoms. The maximum absolute atomic E-state index is 13.7. The molecule has 2 aromatic rings. The van der Waals surface area contributed by atoms with E-state index in [1.54, 1.807) is 30.3 Å². The quantitative estimate of drug-likeness (QED) is 0.791. The molecule has 2 amide bonds. The minimum absolute atomic E-state index is 0.130. The summed E-state index contributed by atoms with van der Waals surface area (Å²) < 4.78 is 26.7. The average molecular weight is 364 g/mol. The van der Waals surface area contributed by atoms with E-state index in [2.05, 4.69) is 10.6 Å². The first-order valence-corrected chi connectivity index (χ1v) is 9.01. The molecule has 1 atom stereocenters. The highest BCUT2D eigenvalue weighted by molar-refractivity contribution is 7.98. The van der Waals surface area contributed by atoms with E-state index < -0.39 is 23.6 Å². The Hall–Kier alpha value is -2.41. The summed E-state index contributed by atoms with van der Waals surface area (Å²) in [6.07, 6.45) is 2.27. The molecule has 2 aromatic carbocycles. The van der Waals surface area contributed by atoms with Crippen LogP contribution in [0.15, 0.2) is 48.5 Å². The fourth-order valence-corrected chi connectivity index (χ4v) is 2.62. The highest BCUT2D eigenvalue weighted by atomic mass is 32.2. The molecule has 132 valence electrons. The first-order chi connectivity index (χ1) is 12.0. The molecule has 0 aliphatic heterocycles. The highest BCUT2D eigenvalue weighted by Gasteiger charge is 2.22. The molecule has 0 bridgehead atoms. The Bertz CT molecular complexity index is 741. The minimum Gasteiger partial charge on any atom is -0.340 e. The van der Waals surface area contributed by atoms with Crippen LogP contribution in [0.2, 0.25) is 0 Å². The Kier molecular flexibility index (Phi) is 6.94. The number of benzene rings is 2. The standard InChI is InChI=1S/C18H18F2N2O2S/c1-25-10-9-16(22-17(23)12-5-3-2-4-6-12)18(24)21-15-8-7-13(19)11-14(15)20/h2-8,11,16H,9-10H2,1H3,(H,21,24)(H,22,23). The predicted octanol–water partition coefficient (Wildman–Crippen LogP) is 3.46. The van der Waals surface area contributed by atoms with Gasteiger partial charge in [-0.05, 0) is 42.7 Å². The molecule has 0 aliphatic rings. The molecule has 0 spiro atoms. The van der Waals surface area contributed by atoms with Crippen LogP contribution < -0.4 is 10.6 Å². The van der Waals surface area contributed by atoms with Crippen LogP contribution in [0.3, 0.4) is 0 Å². The lowest BCUT2D eigenvalue weighted by atomic mass is 10.1. The second-order valence-corrected chi connectivity index (χ2v) is 6.27. The van der Waals surface area contributed by atoms with Crippen LogP contribution in [0.1, 0.15) is 16.8 Å². The van der Waals surface area contributed by atoms with Crippen molar-refractivity contribution in [3.8, 4) is 0 Å². The number of amides is 2. The SMILES string of the molecule is CSCCC(NC(=O)c1ccccc1)C(=O)Nc1ccc(F)cc1F. The molecule has 0 aliphatic carbocycles. The number of hydrogen-bond donors (Lipinski definition) is 2. The van der Waals surface area contributed by atoms with Gasteiger partial charge in [-0.2, -0.15) is 11.8 Å². The van der Waals surface area contributed by atoms with Gasteiger partial charge < -0.3 is 10.6 Å². The number of carbonyl (C=O) groups excluding carboxylic acids is 2. The fourth-order valence-electron chi connectivity index (χ4n) is 2.15. The Morgan fingerprint density at radius 3 is 2.48 bits per heavy atom. The Morgan fingerprint density at radius 1 is 1.12 bits per heavy atom. The molecule has 1 unspecified atom stereocenters. The van der Waals surface area contributed by atoms with Gasteiger partial charge in [-0.3, -0.25) is 9.59 Å². The smallest absolute Gasteiger partial charge is 0.251 e. The van der Waals surface area contributed by atoms with Crippen LogP contribution in [-0.2, 0) is 4.79 Å². The largest absolute Gasteiger partial charge is 0.340 e. The zero-order valence-corrected chi connectivity index (χ0v) is 14.4. The van der Waals surface area contributed by atoms with Gasteiger partial charge in [-0.1, -0.05) is 18.2 Å². The summed E-state index contributed by atoms with van der Waals surface area (Å²) in [7, 11) is 0. The van der Waals surface area contributed by atoms with E-state index in [1.165, 1.54) is 11.8 Å². The van der Waals surface area contributed by atoms with Crippen molar-refractivity contribution < 1.29 is 18.4 Å². The van der Waals surface area contributed by atoms with Gasteiger partial charge in [0.15, 0.2) is 0 Å². The van der Waals surface area contributed by atoms with Crippen LogP contribution in [0, 0.1) is 11.6 Å². The van der Waals surface area contributed by atoms with E-state index in [4.69, 9.17) is 0 Å². The molecule has 0 saturated heterocycles. The topological polar surface area (TPSA) is 58.2 Å². The van der Waals surface area contributed by atoms with Crippen molar-refractivity contribution in [3.05, 3.63) is 65.7 Å². The van der Waals surface area contributed by atoms with Crippen molar-refractivity contribution in [3.63, 3.8) is 0 Å². The highest BCUT2D eigenvalue weighted by Crippen LogP contribution is 2.16. The van der Waals surface area contributed by atoms with E-state index in [0.717, 1.165) is 12.1 Å². The first-order valence-electron chi connectivity index (χ1n) is 7.62. The maximum atomic E-state index is 13.7. The molecule has 25 heavy (non-hydrogen) atoms. The average Bonchev–Trinajstić information content (AvgIpc) is 2.61. The van der Waals surface area contributed by atoms with Crippen LogP contribution in [0.5, 0.6) is 0 Å². The Balaban J connectivity index is 2.10. The van der Waals surface area contributed by atoms with E-state index in [-0.39, 0.29) is 11.6 Å². The number of anilines is 1. The Morgan fingerprint density at radius 2 is 1.84 bits per heavy atom. The lowest BCUT2D eigenvalue weighted by Crippen LogP contribution is -2.44. The van der Waals surface area contributed by atoms with Crippen LogP contribution in [0.4, 0.5) is 14.5 Å². The molecular weight excluding hydrogens is 346 g/mol. The van der Waals surface area contributed by atoms with E-state index >= 15 is 0 Å². The predicted molar refractivity (Wildman–Crippen MR) is 95.7 cm³/mol. The molecular formula is C18H18F2N2O2S. The summed E-state index contributed by atoms with van der Waals surface area (Å²) >= 11 is 1.53. The number of halogens is 2. The van der Waals surface area contributed by atoms with Crippen molar-refractivity contribution in [1.29, 1.82) is 0 Å². The minimum atomic E-state index is -0.869. The zero-order chi connectivity index (χ0) is 18.2. The second kappa shape index (κ2) is 9.17. The van der Waals surface area contributed by atoms with Gasteiger partial charge in [0.25, 0.3) is 5.91 Å². The van der Waals surface area contributed by atoms with Crippen molar-refractivity contribution in [2.24, 2.45) is 0 Å². The number of thioether (sulfide) groups is 1. The number of hydrogen-bond acceptors (Lipinski definition) is 3. The number of carbonyl (C=O) groups is 2. The third-order valence-electron chi connectivity index (χ3n) is 3.46. The molecule has 0 fully saturated rings. The van der Waals surface area contributed by atoms with E-state index in [1.807, 2.05) is 6.26 Å². The second-order valence-electron chi connectivity index (χ2n) is 5.29. The lowest BCUT2D eigenvalue weighted by Gasteiger charge is -2.18. The molecule has 0 saturated carbocycles. The summed E-state index contributed by atoms with van der Waals surface area (Å²) in [5, 5.41) is 5.06. The van der Waals surface area contributed by atoms with Gasteiger partial charge in [0.1, 0.15) is 17.7 Å². The van der Waals surface area contributed by atoms with Crippen molar-refractivity contribution in [2.75, 3.05) is 17.3 Å². The zero-order valence-electron chi connectivity index (χ0n) is 13.6. The summed E-state index contributed by atoms with van der Waals surface area (Å²) in [6.45, 7) is 0. The third-order valence-corrected chi connectivity index (χ3v) is 4.10. The van der Waals surface area contributed by atoms with E-state index in [0.29, 0.717) is 23.8 Å². The van der Waals surface area contributed by atoms with Gasteiger partial charge in [-0.15, -0.1) is 0 Å². The molecule has 0 aromatic heterocycles. The maximum Gasteiger partial charge on any atom is 0.251 e. The molecule has 2 N–H and O–H groups in total. The number of nitrogens with one attached hydrogen (secondary N) is 2. The summed E-state index contributed by atoms with van der Waals surface area (Å²) in [5.41, 5.74) is 0.298. The number of rotatable bonds is 7. The van der Waals surface area contributed by atoms with Gasteiger partial charge in [0.2, 0.25) is 5.91 Å². The first kappa shape index (κ1) is 18.9. The summed E-state index contributed by atoms with van der Waals surface area (Å²) in [4.78, 5) is 24.7. The fraction of sp³-hybridized carbons (Fsp3) is 0.222. The molecule has 4 nitrogen and oxygen atoms in total. The van der Waals surface area contributed by atoms with Crippen LogP contribution in [0.25, 0.3) is 0 Å². The van der Waals surface area contributed by atoms with Crippen LogP contribution in [-0.4, -0.2) is 29.9 Å². The van der Waals surface area contributed by atoms with Crippen molar-refractivity contribution >= 4 is 29.3 Å². The molecule has 0 heterocycles. The summed E-state index contributed by atoms with van der Waals surface area (Å²) in [5.74, 6) is -1.90. The molecule has 2 rings (SSSR count). The van der Waals surface area contributed by atoms with Gasteiger partial charge in [0, 0.05) is 11.6 Å². The Labute approximate surface area is 149 Å². The van der Waals surface area contributed by atoms with Crippen LogP contribution >= 0.6 is 11.8 Å². The van der Waals surface area contributed by atoms with Crippen molar-refractivity contribution in [1.82, 2.24) is 5.32 Å². The third kappa shape index (κ3) is 5.56.